The number of amides is 1. The van der Waals surface area contributed by atoms with Crippen molar-refractivity contribution in [3.8, 4) is 5.75 Å². The van der Waals surface area contributed by atoms with Crippen molar-refractivity contribution in [1.29, 1.82) is 0 Å². The Morgan fingerprint density at radius 3 is 2.31 bits per heavy atom. The van der Waals surface area contributed by atoms with Gasteiger partial charge in [0.2, 0.25) is 0 Å². The van der Waals surface area contributed by atoms with Crippen LogP contribution in [0.3, 0.4) is 0 Å². The van der Waals surface area contributed by atoms with Gasteiger partial charge in [-0.25, -0.2) is 0 Å². The highest BCUT2D eigenvalue weighted by molar-refractivity contribution is 6.51. The standard InChI is InChI=1S/C27H22N2O7/c1-3-17-7-11-20(12-8-17)28-24(18-9-13-22(14-10-18)36-16(2)30)23(26(32)27(28)33)25(31)19-5-4-6-21(15-19)29(34)35/h4-15,24,31H,3H2,1-2H3/b25-23-. The van der Waals surface area contributed by atoms with Gasteiger partial charge in [-0.15, -0.1) is 0 Å². The quantitative estimate of drug-likeness (QED) is 0.102. The van der Waals surface area contributed by atoms with Gasteiger partial charge in [0, 0.05) is 30.3 Å². The van der Waals surface area contributed by atoms with Gasteiger partial charge in [-0.05, 0) is 41.8 Å². The van der Waals surface area contributed by atoms with Gasteiger partial charge in [0.05, 0.1) is 16.5 Å². The number of aryl methyl sites for hydroxylation is 1. The van der Waals surface area contributed by atoms with Crippen LogP contribution in [0, 0.1) is 10.1 Å². The highest BCUT2D eigenvalue weighted by atomic mass is 16.6. The van der Waals surface area contributed by atoms with E-state index in [0.29, 0.717) is 11.3 Å². The van der Waals surface area contributed by atoms with Crippen molar-refractivity contribution in [3.63, 3.8) is 0 Å². The number of anilines is 1. The Balaban J connectivity index is 1.90. The third kappa shape index (κ3) is 4.58. The molecule has 1 saturated heterocycles. The number of aliphatic hydroxyl groups excluding tert-OH is 1. The number of hydrogen-bond donors (Lipinski definition) is 1. The lowest BCUT2D eigenvalue weighted by molar-refractivity contribution is -0.384. The van der Waals surface area contributed by atoms with Crippen LogP contribution in [-0.4, -0.2) is 27.7 Å². The van der Waals surface area contributed by atoms with E-state index in [1.54, 1.807) is 24.3 Å². The molecule has 1 unspecified atom stereocenters. The maximum atomic E-state index is 13.2. The Bertz CT molecular complexity index is 1390. The van der Waals surface area contributed by atoms with E-state index in [1.807, 2.05) is 19.1 Å². The van der Waals surface area contributed by atoms with Crippen molar-refractivity contribution in [2.24, 2.45) is 0 Å². The number of esters is 1. The number of nitro benzene ring substituents is 1. The molecule has 4 rings (SSSR count). The molecule has 9 heteroatoms. The molecule has 3 aromatic rings. The monoisotopic (exact) mass is 486 g/mol. The average molecular weight is 486 g/mol. The molecule has 1 N–H and O–H groups in total. The van der Waals surface area contributed by atoms with E-state index < -0.39 is 34.4 Å². The summed E-state index contributed by atoms with van der Waals surface area (Å²) in [5.41, 5.74) is 1.50. The SMILES string of the molecule is CCc1ccc(N2C(=O)C(=O)/C(=C(\O)c3cccc([N+](=O)[O-])c3)C2c2ccc(OC(C)=O)cc2)cc1. The van der Waals surface area contributed by atoms with Crippen molar-refractivity contribution < 1.29 is 29.2 Å². The molecule has 9 nitrogen and oxygen atoms in total. The van der Waals surface area contributed by atoms with Crippen molar-refractivity contribution >= 4 is 34.8 Å². The molecule has 1 aliphatic heterocycles. The van der Waals surface area contributed by atoms with Gasteiger partial charge in [-0.3, -0.25) is 29.4 Å². The van der Waals surface area contributed by atoms with Gasteiger partial charge in [-0.2, -0.15) is 0 Å². The van der Waals surface area contributed by atoms with E-state index in [2.05, 4.69) is 0 Å². The topological polar surface area (TPSA) is 127 Å². The van der Waals surface area contributed by atoms with Crippen LogP contribution in [0.15, 0.2) is 78.4 Å². The molecule has 1 fully saturated rings. The van der Waals surface area contributed by atoms with Crippen molar-refractivity contribution in [3.05, 3.63) is 105 Å². The molecule has 36 heavy (non-hydrogen) atoms. The van der Waals surface area contributed by atoms with Crippen LogP contribution in [0.2, 0.25) is 0 Å². The number of carbonyl (C=O) groups excluding carboxylic acids is 3. The van der Waals surface area contributed by atoms with Gasteiger partial charge < -0.3 is 9.84 Å². The first-order valence-corrected chi connectivity index (χ1v) is 11.1. The van der Waals surface area contributed by atoms with Crippen LogP contribution < -0.4 is 9.64 Å². The summed E-state index contributed by atoms with van der Waals surface area (Å²) in [5, 5.41) is 22.4. The Labute approximate surface area is 206 Å². The number of ketones is 1. The van der Waals surface area contributed by atoms with Crippen LogP contribution in [0.4, 0.5) is 11.4 Å². The van der Waals surface area contributed by atoms with E-state index in [9.17, 15) is 29.6 Å². The van der Waals surface area contributed by atoms with Crippen molar-refractivity contribution in [2.45, 2.75) is 26.3 Å². The normalized spacial score (nSPS) is 16.7. The fourth-order valence-electron chi connectivity index (χ4n) is 4.11. The second-order valence-corrected chi connectivity index (χ2v) is 8.16. The molecule has 1 heterocycles. The first-order chi connectivity index (χ1) is 17.2. The summed E-state index contributed by atoms with van der Waals surface area (Å²) in [6.45, 7) is 3.26. The number of nitro groups is 1. The van der Waals surface area contributed by atoms with E-state index >= 15 is 0 Å². The van der Waals surface area contributed by atoms with E-state index in [0.717, 1.165) is 18.1 Å². The zero-order valence-electron chi connectivity index (χ0n) is 19.5. The van der Waals surface area contributed by atoms with Gasteiger partial charge >= 0.3 is 5.97 Å². The van der Waals surface area contributed by atoms with Crippen LogP contribution in [0.1, 0.15) is 36.6 Å². The lowest BCUT2D eigenvalue weighted by Crippen LogP contribution is -2.29. The zero-order valence-corrected chi connectivity index (χ0v) is 19.5. The summed E-state index contributed by atoms with van der Waals surface area (Å²) in [7, 11) is 0. The number of benzene rings is 3. The van der Waals surface area contributed by atoms with Crippen LogP contribution >= 0.6 is 0 Å². The average Bonchev–Trinajstić information content (AvgIpc) is 3.14. The number of hydrogen-bond acceptors (Lipinski definition) is 7. The fraction of sp³-hybridized carbons (Fsp3) is 0.148. The van der Waals surface area contributed by atoms with Crippen LogP contribution in [0.25, 0.3) is 5.76 Å². The number of nitrogens with zero attached hydrogens (tertiary/aromatic N) is 2. The molecule has 0 aliphatic carbocycles. The molecule has 0 spiro atoms. The van der Waals surface area contributed by atoms with Crippen LogP contribution in [0.5, 0.6) is 5.75 Å². The van der Waals surface area contributed by atoms with E-state index in [1.165, 1.54) is 42.2 Å². The maximum absolute atomic E-state index is 13.2. The molecule has 0 saturated carbocycles. The third-order valence-corrected chi connectivity index (χ3v) is 5.86. The molecule has 1 amide bonds. The minimum absolute atomic E-state index is 0.0325. The van der Waals surface area contributed by atoms with Crippen LogP contribution in [-0.2, 0) is 20.8 Å². The molecular weight excluding hydrogens is 464 g/mol. The number of ether oxygens (including phenoxy) is 1. The summed E-state index contributed by atoms with van der Waals surface area (Å²) in [6.07, 6.45) is 0.785. The molecule has 0 radical (unpaired) electrons. The van der Waals surface area contributed by atoms with Gasteiger partial charge in [0.25, 0.3) is 17.4 Å². The van der Waals surface area contributed by atoms with E-state index in [4.69, 9.17) is 4.74 Å². The predicted octanol–water partition coefficient (Wildman–Crippen LogP) is 4.71. The van der Waals surface area contributed by atoms with Gasteiger partial charge in [-0.1, -0.05) is 43.3 Å². The summed E-state index contributed by atoms with van der Waals surface area (Å²) in [5.74, 6) is -2.53. The number of non-ortho nitro benzene ring substituents is 1. The van der Waals surface area contributed by atoms with Crippen molar-refractivity contribution in [1.82, 2.24) is 0 Å². The minimum Gasteiger partial charge on any atom is -0.507 e. The second kappa shape index (κ2) is 9.83. The largest absolute Gasteiger partial charge is 0.507 e. The predicted molar refractivity (Wildman–Crippen MR) is 131 cm³/mol. The number of aliphatic hydroxyl groups is 1. The molecular formula is C27H22N2O7. The molecule has 0 aromatic heterocycles. The first-order valence-electron chi connectivity index (χ1n) is 11.1. The second-order valence-electron chi connectivity index (χ2n) is 8.16. The number of rotatable bonds is 6. The van der Waals surface area contributed by atoms with Gasteiger partial charge in [0.1, 0.15) is 11.5 Å². The smallest absolute Gasteiger partial charge is 0.308 e. The Hall–Kier alpha value is -4.79. The molecule has 0 bridgehead atoms. The summed E-state index contributed by atoms with van der Waals surface area (Å²) in [6, 6.07) is 17.5. The zero-order chi connectivity index (χ0) is 26.0. The third-order valence-electron chi connectivity index (χ3n) is 5.86. The first kappa shape index (κ1) is 24.3. The Morgan fingerprint density at radius 1 is 1.06 bits per heavy atom. The Kier molecular flexibility index (Phi) is 6.64. The highest BCUT2D eigenvalue weighted by Gasteiger charge is 2.47. The summed E-state index contributed by atoms with van der Waals surface area (Å²) >= 11 is 0. The van der Waals surface area contributed by atoms with Gasteiger partial charge in [0.15, 0.2) is 0 Å². The molecule has 3 aromatic carbocycles. The maximum Gasteiger partial charge on any atom is 0.308 e. The highest BCUT2D eigenvalue weighted by Crippen LogP contribution is 2.42. The summed E-state index contributed by atoms with van der Waals surface area (Å²) < 4.78 is 5.08. The molecule has 1 aliphatic rings. The van der Waals surface area contributed by atoms with E-state index in [-0.39, 0.29) is 22.6 Å². The fourth-order valence-corrected chi connectivity index (χ4v) is 4.11. The molecule has 1 atom stereocenters. The molecule has 182 valence electrons. The Morgan fingerprint density at radius 2 is 1.72 bits per heavy atom. The lowest BCUT2D eigenvalue weighted by atomic mass is 9.95. The number of Topliss-reactive ketones (excluding diaryl/α,β-unsaturated/α-hetero) is 1. The van der Waals surface area contributed by atoms with Crippen molar-refractivity contribution in [2.75, 3.05) is 4.90 Å². The summed E-state index contributed by atoms with van der Waals surface area (Å²) in [4.78, 5) is 49.7. The lowest BCUT2D eigenvalue weighted by Gasteiger charge is -2.25. The minimum atomic E-state index is -1.02. The number of carbonyl (C=O) groups is 3.